The molecule has 1 N–H and O–H groups in total. The Morgan fingerprint density at radius 1 is 1.22 bits per heavy atom. The van der Waals surface area contributed by atoms with Crippen LogP contribution in [0.2, 0.25) is 0 Å². The number of hydrogen-bond acceptors (Lipinski definition) is 5. The van der Waals surface area contributed by atoms with Crippen LogP contribution in [-0.4, -0.2) is 34.9 Å². The van der Waals surface area contributed by atoms with Crippen molar-refractivity contribution in [2.24, 2.45) is 0 Å². The number of esters is 1. The molecule has 1 amide bonds. The lowest BCUT2D eigenvalue weighted by atomic mass is 10.1. The van der Waals surface area contributed by atoms with Gasteiger partial charge in [-0.15, -0.1) is 0 Å². The van der Waals surface area contributed by atoms with Crippen LogP contribution in [0.15, 0.2) is 42.1 Å². The molecule has 2 aromatic rings. The number of carbonyl (C=O) groups excluding carboxylic acids is 2. The van der Waals surface area contributed by atoms with E-state index in [2.05, 4.69) is 10.4 Å². The number of carbonyl (C=O) groups is 2. The number of nitrogens with one attached hydrogen (secondary N) is 1. The second kappa shape index (κ2) is 7.65. The highest BCUT2D eigenvalue weighted by atomic mass is 16.5. The summed E-state index contributed by atoms with van der Waals surface area (Å²) in [5.74, 6) is 0.425. The van der Waals surface area contributed by atoms with Crippen LogP contribution >= 0.6 is 0 Å². The van der Waals surface area contributed by atoms with E-state index in [0.29, 0.717) is 17.4 Å². The number of rotatable bonds is 5. The smallest absolute Gasteiger partial charge is 0.338 e. The minimum absolute atomic E-state index is 0.131. The van der Waals surface area contributed by atoms with Crippen molar-refractivity contribution in [2.45, 2.75) is 31.7 Å². The molecular weight excluding hydrogens is 346 g/mol. The maximum Gasteiger partial charge on any atom is 0.338 e. The number of amides is 1. The van der Waals surface area contributed by atoms with Crippen LogP contribution in [0.4, 0.5) is 5.82 Å². The highest BCUT2D eigenvalue weighted by Crippen LogP contribution is 2.31. The fraction of sp³-hybridized carbons (Fsp3) is 0.350. The second-order valence-corrected chi connectivity index (χ2v) is 6.72. The third-order valence-electron chi connectivity index (χ3n) is 4.84. The molecule has 140 valence electrons. The van der Waals surface area contributed by atoms with Crippen molar-refractivity contribution in [1.82, 2.24) is 9.78 Å². The summed E-state index contributed by atoms with van der Waals surface area (Å²) in [6.07, 6.45) is 7.88. The highest BCUT2D eigenvalue weighted by Gasteiger charge is 2.22. The molecule has 2 heterocycles. The Morgan fingerprint density at radius 3 is 2.89 bits per heavy atom. The minimum Gasteiger partial charge on any atom is -0.488 e. The van der Waals surface area contributed by atoms with E-state index in [4.69, 9.17) is 9.47 Å². The van der Waals surface area contributed by atoms with Crippen LogP contribution in [0, 0.1) is 0 Å². The molecule has 1 fully saturated rings. The van der Waals surface area contributed by atoms with Crippen LogP contribution in [0.3, 0.4) is 0 Å². The van der Waals surface area contributed by atoms with Crippen molar-refractivity contribution in [3.8, 4) is 5.75 Å². The van der Waals surface area contributed by atoms with E-state index >= 15 is 0 Å². The second-order valence-electron chi connectivity index (χ2n) is 6.72. The molecule has 2 aliphatic rings. The van der Waals surface area contributed by atoms with Crippen LogP contribution in [-0.2, 0) is 14.3 Å². The molecule has 1 aliphatic carbocycles. The molecule has 7 nitrogen and oxygen atoms in total. The van der Waals surface area contributed by atoms with Crippen LogP contribution < -0.4 is 10.1 Å². The van der Waals surface area contributed by atoms with Gasteiger partial charge in [0.1, 0.15) is 18.2 Å². The van der Waals surface area contributed by atoms with Gasteiger partial charge in [-0.1, -0.05) is 31.0 Å². The standard InChI is InChI=1S/C20H21N3O4/c24-19(22-18-9-10-21-23(18)16-6-2-3-7-16)13-27-20(25)15-11-14-5-1-4-8-17(14)26-12-15/h1,4-5,8-11,16H,2-3,6-7,12-13H2,(H,22,24). The summed E-state index contributed by atoms with van der Waals surface area (Å²) in [7, 11) is 0. The molecule has 7 heteroatoms. The Bertz CT molecular complexity index is 881. The first-order chi connectivity index (χ1) is 13.2. The van der Waals surface area contributed by atoms with Gasteiger partial charge in [0, 0.05) is 11.6 Å². The van der Waals surface area contributed by atoms with Crippen molar-refractivity contribution in [1.29, 1.82) is 0 Å². The molecule has 0 atom stereocenters. The van der Waals surface area contributed by atoms with Gasteiger partial charge in [-0.3, -0.25) is 4.79 Å². The monoisotopic (exact) mass is 367 g/mol. The zero-order chi connectivity index (χ0) is 18.6. The Labute approximate surface area is 157 Å². The molecule has 0 radical (unpaired) electrons. The first-order valence-electron chi connectivity index (χ1n) is 9.13. The van der Waals surface area contributed by atoms with E-state index in [9.17, 15) is 9.59 Å². The highest BCUT2D eigenvalue weighted by molar-refractivity contribution is 5.98. The summed E-state index contributed by atoms with van der Waals surface area (Å²) in [5.41, 5.74) is 1.21. The molecule has 0 bridgehead atoms. The quantitative estimate of drug-likeness (QED) is 0.822. The van der Waals surface area contributed by atoms with Crippen LogP contribution in [0.1, 0.15) is 37.3 Å². The molecule has 0 unspecified atom stereocenters. The van der Waals surface area contributed by atoms with Gasteiger partial charge in [-0.2, -0.15) is 5.10 Å². The number of anilines is 1. The predicted octanol–water partition coefficient (Wildman–Crippen LogP) is 2.96. The maximum absolute atomic E-state index is 12.2. The van der Waals surface area contributed by atoms with Crippen molar-refractivity contribution < 1.29 is 19.1 Å². The van der Waals surface area contributed by atoms with Crippen LogP contribution in [0.25, 0.3) is 6.08 Å². The third kappa shape index (κ3) is 3.86. The molecule has 4 rings (SSSR count). The van der Waals surface area contributed by atoms with E-state index in [0.717, 1.165) is 24.2 Å². The van der Waals surface area contributed by atoms with Gasteiger partial charge < -0.3 is 14.8 Å². The Kier molecular flexibility index (Phi) is 4.91. The van der Waals surface area contributed by atoms with Gasteiger partial charge in [-0.05, 0) is 25.0 Å². The number of hydrogen-bond donors (Lipinski definition) is 1. The van der Waals surface area contributed by atoms with Gasteiger partial charge >= 0.3 is 5.97 Å². The number of nitrogens with zero attached hydrogens (tertiary/aromatic N) is 2. The summed E-state index contributed by atoms with van der Waals surface area (Å²) in [4.78, 5) is 24.4. The maximum atomic E-state index is 12.2. The fourth-order valence-corrected chi connectivity index (χ4v) is 3.49. The SMILES string of the molecule is O=C(COC(=O)C1=Cc2ccccc2OC1)Nc1ccnn1C1CCCC1. The Morgan fingerprint density at radius 2 is 2.04 bits per heavy atom. The zero-order valence-corrected chi connectivity index (χ0v) is 14.9. The average molecular weight is 367 g/mol. The average Bonchev–Trinajstić information content (AvgIpc) is 3.37. The lowest BCUT2D eigenvalue weighted by molar-refractivity contribution is -0.143. The minimum atomic E-state index is -0.552. The molecule has 1 aromatic carbocycles. The topological polar surface area (TPSA) is 82.5 Å². The molecular formula is C20H21N3O4. The molecule has 1 saturated carbocycles. The summed E-state index contributed by atoms with van der Waals surface area (Å²) in [6.45, 7) is -0.223. The zero-order valence-electron chi connectivity index (χ0n) is 14.9. The summed E-state index contributed by atoms with van der Waals surface area (Å²) >= 11 is 0. The molecule has 27 heavy (non-hydrogen) atoms. The fourth-order valence-electron chi connectivity index (χ4n) is 3.49. The normalized spacial score (nSPS) is 16.2. The first-order valence-corrected chi connectivity index (χ1v) is 9.13. The lowest BCUT2D eigenvalue weighted by Crippen LogP contribution is -2.25. The van der Waals surface area contributed by atoms with Gasteiger partial charge in [0.15, 0.2) is 6.61 Å². The van der Waals surface area contributed by atoms with Gasteiger partial charge in [-0.25, -0.2) is 9.48 Å². The summed E-state index contributed by atoms with van der Waals surface area (Å²) < 4.78 is 12.5. The third-order valence-corrected chi connectivity index (χ3v) is 4.84. The molecule has 0 spiro atoms. The predicted molar refractivity (Wildman–Crippen MR) is 99.2 cm³/mol. The van der Waals surface area contributed by atoms with Crippen molar-refractivity contribution in [2.75, 3.05) is 18.5 Å². The number of ether oxygens (including phenoxy) is 2. The first kappa shape index (κ1) is 17.3. The largest absolute Gasteiger partial charge is 0.488 e. The van der Waals surface area contributed by atoms with Gasteiger partial charge in [0.05, 0.1) is 17.8 Å². The van der Waals surface area contributed by atoms with E-state index < -0.39 is 5.97 Å². The van der Waals surface area contributed by atoms with Crippen molar-refractivity contribution in [3.05, 3.63) is 47.7 Å². The van der Waals surface area contributed by atoms with Crippen molar-refractivity contribution in [3.63, 3.8) is 0 Å². The Balaban J connectivity index is 1.33. The van der Waals surface area contributed by atoms with Crippen molar-refractivity contribution >= 4 is 23.8 Å². The summed E-state index contributed by atoms with van der Waals surface area (Å²) in [6, 6.07) is 9.52. The van der Waals surface area contributed by atoms with E-state index in [-0.39, 0.29) is 19.1 Å². The van der Waals surface area contributed by atoms with Gasteiger partial charge in [0.25, 0.3) is 5.91 Å². The molecule has 1 aromatic heterocycles. The number of para-hydroxylation sites is 1. The lowest BCUT2D eigenvalue weighted by Gasteiger charge is -2.17. The molecule has 0 saturated heterocycles. The number of fused-ring (bicyclic) bond motifs is 1. The van der Waals surface area contributed by atoms with E-state index in [1.54, 1.807) is 18.3 Å². The number of benzene rings is 1. The Hall–Kier alpha value is -3.09. The van der Waals surface area contributed by atoms with Gasteiger partial charge in [0.2, 0.25) is 0 Å². The summed E-state index contributed by atoms with van der Waals surface area (Å²) in [5, 5.41) is 7.08. The number of aromatic nitrogens is 2. The molecule has 1 aliphatic heterocycles. The van der Waals surface area contributed by atoms with Crippen LogP contribution in [0.5, 0.6) is 5.75 Å². The van der Waals surface area contributed by atoms with E-state index in [1.807, 2.05) is 28.9 Å². The van der Waals surface area contributed by atoms with E-state index in [1.165, 1.54) is 12.8 Å².